The molecular formula is C14H14NO4Sn. The van der Waals surface area contributed by atoms with E-state index in [-0.39, 0.29) is 30.2 Å². The molecule has 2 rings (SSSR count). The van der Waals surface area contributed by atoms with Crippen LogP contribution in [-0.4, -0.2) is 46.0 Å². The molecule has 5 nitrogen and oxygen atoms in total. The van der Waals surface area contributed by atoms with Crippen molar-refractivity contribution in [3.8, 4) is 0 Å². The first-order valence-electron chi connectivity index (χ1n) is 6.21. The van der Waals surface area contributed by atoms with Crippen molar-refractivity contribution in [1.82, 2.24) is 3.12 Å². The summed E-state index contributed by atoms with van der Waals surface area (Å²) in [5, 5.41) is 9.27. The Balaban J connectivity index is 2.48. The molecule has 0 atom stereocenters. The number of carboxylic acid groups (broad SMARTS) is 1. The first-order valence-corrected chi connectivity index (χ1v) is 10.9. The van der Waals surface area contributed by atoms with Crippen molar-refractivity contribution < 1.29 is 19.5 Å². The molecule has 6 heteroatoms. The summed E-state index contributed by atoms with van der Waals surface area (Å²) in [5.74, 6) is -1.38. The van der Waals surface area contributed by atoms with E-state index >= 15 is 0 Å². The van der Waals surface area contributed by atoms with Gasteiger partial charge in [0.15, 0.2) is 0 Å². The van der Waals surface area contributed by atoms with E-state index < -0.39 is 26.0 Å². The van der Waals surface area contributed by atoms with E-state index in [0.717, 1.165) is 0 Å². The average Bonchev–Trinajstić information content (AvgIpc) is 2.76. The predicted octanol–water partition coefficient (Wildman–Crippen LogP) is 0.918. The van der Waals surface area contributed by atoms with Gasteiger partial charge in [0, 0.05) is 0 Å². The molecule has 1 aliphatic rings. The molecule has 0 unspecified atom stereocenters. The molecule has 20 heavy (non-hydrogen) atoms. The molecule has 0 bridgehead atoms. The minimum atomic E-state index is -2.90. The van der Waals surface area contributed by atoms with Gasteiger partial charge in [-0.25, -0.2) is 0 Å². The van der Waals surface area contributed by atoms with Crippen molar-refractivity contribution in [2.24, 2.45) is 0 Å². The molecule has 1 aromatic carbocycles. The number of benzene rings is 1. The van der Waals surface area contributed by atoms with Crippen molar-refractivity contribution in [2.75, 3.05) is 0 Å². The molecule has 1 aliphatic heterocycles. The van der Waals surface area contributed by atoms with Gasteiger partial charge in [0.05, 0.1) is 0 Å². The van der Waals surface area contributed by atoms with E-state index in [4.69, 9.17) is 0 Å². The fourth-order valence-corrected chi connectivity index (χ4v) is 9.48. The average molecular weight is 379 g/mol. The summed E-state index contributed by atoms with van der Waals surface area (Å²) in [6.45, 7) is 3.67. The Morgan fingerprint density at radius 3 is 2.45 bits per heavy atom. The molecule has 1 radical (unpaired) electrons. The predicted molar refractivity (Wildman–Crippen MR) is 74.9 cm³/mol. The Kier molecular flexibility index (Phi) is 4.59. The number of carbonyl (C=O) groups excluding carboxylic acids is 2. The zero-order chi connectivity index (χ0) is 14.7. The molecule has 2 amide bonds. The van der Waals surface area contributed by atoms with Crippen molar-refractivity contribution in [3.63, 3.8) is 0 Å². The quantitative estimate of drug-likeness (QED) is 0.469. The second-order valence-corrected chi connectivity index (χ2v) is 10.9. The third kappa shape index (κ3) is 2.77. The molecule has 0 aromatic heterocycles. The van der Waals surface area contributed by atoms with Crippen LogP contribution in [0.1, 0.15) is 23.2 Å². The van der Waals surface area contributed by atoms with Gasteiger partial charge in [-0.15, -0.1) is 0 Å². The standard InChI is InChI=1S/C7H5O2.C4H5NO2.C3H5.Sn/c8-7(9)6-4-2-1-3-5-6;6-3-1-2-4(7)5-3;1-3-2;/h1-4H,(H,8,9);1-2H2,(H,5,6,7);3H,1-2H2;/q;;;+1/p-1. The fraction of sp³-hybridized carbons (Fsp3) is 0.214. The van der Waals surface area contributed by atoms with Crippen LogP contribution in [0.4, 0.5) is 0 Å². The number of carbonyl (C=O) groups is 3. The van der Waals surface area contributed by atoms with Crippen LogP contribution in [0.2, 0.25) is 4.44 Å². The Labute approximate surface area is 124 Å². The summed E-state index contributed by atoms with van der Waals surface area (Å²) in [6, 6.07) is 6.64. The van der Waals surface area contributed by atoms with E-state index in [9.17, 15) is 19.5 Å². The number of hydrogen-bond acceptors (Lipinski definition) is 3. The summed E-state index contributed by atoms with van der Waals surface area (Å²) in [7, 11) is 0. The van der Waals surface area contributed by atoms with Gasteiger partial charge in [-0.05, 0) is 0 Å². The second kappa shape index (κ2) is 6.21. The van der Waals surface area contributed by atoms with E-state index in [1.807, 2.05) is 0 Å². The summed E-state index contributed by atoms with van der Waals surface area (Å²) in [6.07, 6.45) is 2.14. The van der Waals surface area contributed by atoms with Crippen molar-refractivity contribution in [1.29, 1.82) is 0 Å². The van der Waals surface area contributed by atoms with Gasteiger partial charge in [0.2, 0.25) is 0 Å². The molecule has 1 N–H and O–H groups in total. The first-order chi connectivity index (χ1) is 9.56. The number of aromatic carboxylic acids is 1. The maximum atomic E-state index is 11.9. The summed E-state index contributed by atoms with van der Waals surface area (Å²) in [4.78, 5) is 35.2. The first kappa shape index (κ1) is 14.8. The third-order valence-corrected chi connectivity index (χ3v) is 11.0. The number of carboxylic acids is 1. The number of imide groups is 1. The Morgan fingerprint density at radius 2 is 1.90 bits per heavy atom. The van der Waals surface area contributed by atoms with Crippen LogP contribution in [0.3, 0.4) is 0 Å². The summed E-state index contributed by atoms with van der Waals surface area (Å²) < 4.78 is 2.56. The Bertz CT molecular complexity index is 568. The van der Waals surface area contributed by atoms with Crippen LogP contribution >= 0.6 is 0 Å². The second-order valence-electron chi connectivity index (χ2n) is 4.41. The maximum absolute atomic E-state index is 11.9. The zero-order valence-electron chi connectivity index (χ0n) is 10.8. The van der Waals surface area contributed by atoms with E-state index in [2.05, 4.69) is 6.58 Å². The van der Waals surface area contributed by atoms with Gasteiger partial charge in [-0.1, -0.05) is 0 Å². The molecule has 1 aromatic rings. The number of amides is 2. The molecule has 1 fully saturated rings. The van der Waals surface area contributed by atoms with Gasteiger partial charge in [0.25, 0.3) is 0 Å². The molecule has 0 aliphatic carbocycles. The van der Waals surface area contributed by atoms with Crippen molar-refractivity contribution in [3.05, 3.63) is 42.5 Å². The van der Waals surface area contributed by atoms with E-state index in [1.54, 1.807) is 24.3 Å². The van der Waals surface area contributed by atoms with Gasteiger partial charge < -0.3 is 0 Å². The van der Waals surface area contributed by atoms with Crippen LogP contribution in [0, 0.1) is 0 Å². The molecule has 103 valence electrons. The van der Waals surface area contributed by atoms with E-state index in [0.29, 0.717) is 8.02 Å². The molecule has 0 saturated carbocycles. The van der Waals surface area contributed by atoms with Crippen LogP contribution in [0.5, 0.6) is 0 Å². The van der Waals surface area contributed by atoms with Gasteiger partial charge in [0.1, 0.15) is 0 Å². The molecular weight excluding hydrogens is 365 g/mol. The van der Waals surface area contributed by atoms with E-state index in [1.165, 1.54) is 9.19 Å². The van der Waals surface area contributed by atoms with Crippen LogP contribution in [0.25, 0.3) is 0 Å². The van der Waals surface area contributed by atoms with Crippen LogP contribution < -0.4 is 3.58 Å². The SMILES string of the molecule is C=C[CH2][Sn]([c]1ccccc1C(=O)O)[N]1C(=O)CCC1=O. The fourth-order valence-electron chi connectivity index (χ4n) is 2.26. The zero-order valence-corrected chi connectivity index (χ0v) is 13.7. The monoisotopic (exact) mass is 380 g/mol. The van der Waals surface area contributed by atoms with Crippen LogP contribution in [0.15, 0.2) is 36.9 Å². The normalized spacial score (nSPS) is 14.9. The summed E-state index contributed by atoms with van der Waals surface area (Å²) in [5.41, 5.74) is 0.191. The number of nitrogens with zero attached hydrogens (tertiary/aromatic N) is 1. The van der Waals surface area contributed by atoms with Crippen molar-refractivity contribution >= 4 is 41.4 Å². The van der Waals surface area contributed by atoms with Gasteiger partial charge >= 0.3 is 124 Å². The number of hydrogen-bond donors (Lipinski definition) is 1. The molecule has 1 saturated heterocycles. The summed E-state index contributed by atoms with van der Waals surface area (Å²) >= 11 is -2.90. The molecule has 0 spiro atoms. The third-order valence-electron chi connectivity index (χ3n) is 3.13. The minimum absolute atomic E-state index is 0.175. The van der Waals surface area contributed by atoms with Crippen molar-refractivity contribution in [2.45, 2.75) is 17.3 Å². The number of rotatable bonds is 5. The van der Waals surface area contributed by atoms with Crippen LogP contribution in [-0.2, 0) is 9.59 Å². The van der Waals surface area contributed by atoms with Gasteiger partial charge in [-0.3, -0.25) is 0 Å². The Hall–Kier alpha value is -1.63. The topological polar surface area (TPSA) is 74.7 Å². The number of allylic oxidation sites excluding steroid dienone is 1. The van der Waals surface area contributed by atoms with Gasteiger partial charge in [-0.2, -0.15) is 0 Å². The Morgan fingerprint density at radius 1 is 1.30 bits per heavy atom. The molecule has 1 heterocycles.